The number of carbonyl (C=O) groups is 1. The summed E-state index contributed by atoms with van der Waals surface area (Å²) in [6, 6.07) is 7.69. The standard InChI is InChI=1S/C17H26N2O3S/c1-4-13-23(21,22)19-11-9-18(10-12-19)17(20)16-7-5-15(6-8-16)14(2)3/h5-8,14H,4,9-13H2,1-3H3. The molecule has 1 aromatic rings. The van der Waals surface area contributed by atoms with Gasteiger partial charge in [-0.1, -0.05) is 32.9 Å². The van der Waals surface area contributed by atoms with Crippen molar-refractivity contribution in [1.82, 2.24) is 9.21 Å². The monoisotopic (exact) mass is 338 g/mol. The lowest BCUT2D eigenvalue weighted by atomic mass is 10.0. The molecule has 0 radical (unpaired) electrons. The largest absolute Gasteiger partial charge is 0.336 e. The van der Waals surface area contributed by atoms with Crippen molar-refractivity contribution in [2.75, 3.05) is 31.9 Å². The van der Waals surface area contributed by atoms with Gasteiger partial charge in [-0.2, -0.15) is 4.31 Å². The Morgan fingerprint density at radius 1 is 1.09 bits per heavy atom. The van der Waals surface area contributed by atoms with E-state index in [-0.39, 0.29) is 11.7 Å². The summed E-state index contributed by atoms with van der Waals surface area (Å²) in [5, 5.41) is 0. The number of benzene rings is 1. The Hall–Kier alpha value is -1.40. The summed E-state index contributed by atoms with van der Waals surface area (Å²) >= 11 is 0. The quantitative estimate of drug-likeness (QED) is 0.828. The molecule has 1 heterocycles. The van der Waals surface area contributed by atoms with Crippen LogP contribution in [0.15, 0.2) is 24.3 Å². The first-order valence-electron chi connectivity index (χ1n) is 8.22. The Kier molecular flexibility index (Phi) is 5.81. The zero-order valence-corrected chi connectivity index (χ0v) is 15.0. The molecule has 1 aliphatic heterocycles. The van der Waals surface area contributed by atoms with Gasteiger partial charge in [0.25, 0.3) is 5.91 Å². The molecule has 0 spiro atoms. The van der Waals surface area contributed by atoms with Gasteiger partial charge in [-0.15, -0.1) is 0 Å². The second-order valence-corrected chi connectivity index (χ2v) is 8.37. The lowest BCUT2D eigenvalue weighted by molar-refractivity contribution is 0.0698. The third-order valence-corrected chi connectivity index (χ3v) is 6.28. The average Bonchev–Trinajstić information content (AvgIpc) is 2.54. The predicted molar refractivity (Wildman–Crippen MR) is 92.1 cm³/mol. The molecule has 1 aliphatic rings. The fourth-order valence-electron chi connectivity index (χ4n) is 2.75. The highest BCUT2D eigenvalue weighted by Gasteiger charge is 2.28. The van der Waals surface area contributed by atoms with E-state index >= 15 is 0 Å². The van der Waals surface area contributed by atoms with Crippen LogP contribution >= 0.6 is 0 Å². The van der Waals surface area contributed by atoms with Crippen LogP contribution in [0.2, 0.25) is 0 Å². The van der Waals surface area contributed by atoms with Gasteiger partial charge in [-0.25, -0.2) is 8.42 Å². The maximum absolute atomic E-state index is 12.5. The molecule has 0 bridgehead atoms. The summed E-state index contributed by atoms with van der Waals surface area (Å²) in [6.07, 6.45) is 0.615. The first kappa shape index (κ1) is 17.9. The Bertz CT molecular complexity index is 630. The van der Waals surface area contributed by atoms with E-state index in [1.807, 2.05) is 31.2 Å². The molecule has 1 amide bonds. The molecule has 0 aliphatic carbocycles. The summed E-state index contributed by atoms with van der Waals surface area (Å²) in [7, 11) is -3.17. The number of piperazine rings is 1. The van der Waals surface area contributed by atoms with Gasteiger partial charge in [0.05, 0.1) is 5.75 Å². The normalized spacial score (nSPS) is 16.8. The third kappa shape index (κ3) is 4.32. The first-order chi connectivity index (χ1) is 10.8. The van der Waals surface area contributed by atoms with Crippen LogP contribution in [-0.2, 0) is 10.0 Å². The molecule has 0 saturated carbocycles. The van der Waals surface area contributed by atoms with E-state index in [9.17, 15) is 13.2 Å². The molecule has 23 heavy (non-hydrogen) atoms. The van der Waals surface area contributed by atoms with Crippen LogP contribution in [0.25, 0.3) is 0 Å². The predicted octanol–water partition coefficient (Wildman–Crippen LogP) is 2.31. The first-order valence-corrected chi connectivity index (χ1v) is 9.83. The topological polar surface area (TPSA) is 57.7 Å². The molecular formula is C17H26N2O3S. The molecule has 1 saturated heterocycles. The van der Waals surface area contributed by atoms with Gasteiger partial charge < -0.3 is 4.90 Å². The van der Waals surface area contributed by atoms with Gasteiger partial charge in [-0.3, -0.25) is 4.79 Å². The highest BCUT2D eigenvalue weighted by atomic mass is 32.2. The van der Waals surface area contributed by atoms with Crippen LogP contribution in [0.4, 0.5) is 0 Å². The highest BCUT2D eigenvalue weighted by molar-refractivity contribution is 7.89. The third-order valence-electron chi connectivity index (χ3n) is 4.21. The van der Waals surface area contributed by atoms with E-state index in [0.29, 0.717) is 44.1 Å². The molecule has 128 valence electrons. The molecule has 0 aromatic heterocycles. The van der Waals surface area contributed by atoms with Crippen molar-refractivity contribution in [3.8, 4) is 0 Å². The molecular weight excluding hydrogens is 312 g/mol. The molecule has 1 fully saturated rings. The van der Waals surface area contributed by atoms with E-state index in [4.69, 9.17) is 0 Å². The molecule has 0 atom stereocenters. The zero-order chi connectivity index (χ0) is 17.0. The van der Waals surface area contributed by atoms with Crippen LogP contribution in [-0.4, -0.2) is 55.5 Å². The molecule has 1 aromatic carbocycles. The van der Waals surface area contributed by atoms with E-state index in [1.165, 1.54) is 9.87 Å². The highest BCUT2D eigenvalue weighted by Crippen LogP contribution is 2.17. The number of carbonyl (C=O) groups excluding carboxylic acids is 1. The van der Waals surface area contributed by atoms with Crippen molar-refractivity contribution in [1.29, 1.82) is 0 Å². The Balaban J connectivity index is 1.98. The van der Waals surface area contributed by atoms with Crippen LogP contribution < -0.4 is 0 Å². The van der Waals surface area contributed by atoms with Gasteiger partial charge in [0.2, 0.25) is 10.0 Å². The van der Waals surface area contributed by atoms with Gasteiger partial charge in [0, 0.05) is 31.7 Å². The van der Waals surface area contributed by atoms with E-state index in [0.717, 1.165) is 0 Å². The Morgan fingerprint density at radius 3 is 2.13 bits per heavy atom. The fraction of sp³-hybridized carbons (Fsp3) is 0.588. The number of amides is 1. The zero-order valence-electron chi connectivity index (χ0n) is 14.2. The van der Waals surface area contributed by atoms with Gasteiger partial charge in [0.15, 0.2) is 0 Å². The number of nitrogens with zero attached hydrogens (tertiary/aromatic N) is 2. The van der Waals surface area contributed by atoms with Crippen molar-refractivity contribution in [2.24, 2.45) is 0 Å². The molecule has 0 N–H and O–H groups in total. The summed E-state index contributed by atoms with van der Waals surface area (Å²) in [5.41, 5.74) is 1.87. The van der Waals surface area contributed by atoms with E-state index in [2.05, 4.69) is 13.8 Å². The summed E-state index contributed by atoms with van der Waals surface area (Å²) in [6.45, 7) is 7.77. The van der Waals surface area contributed by atoms with Crippen molar-refractivity contribution in [2.45, 2.75) is 33.1 Å². The number of rotatable bonds is 5. The summed E-state index contributed by atoms with van der Waals surface area (Å²) in [5.74, 6) is 0.594. The lowest BCUT2D eigenvalue weighted by Gasteiger charge is -2.34. The Labute approximate surface area is 139 Å². The van der Waals surface area contributed by atoms with Gasteiger partial charge in [0.1, 0.15) is 0 Å². The summed E-state index contributed by atoms with van der Waals surface area (Å²) in [4.78, 5) is 14.3. The van der Waals surface area contributed by atoms with E-state index in [1.54, 1.807) is 4.90 Å². The van der Waals surface area contributed by atoms with Crippen LogP contribution in [0, 0.1) is 0 Å². The molecule has 6 heteroatoms. The lowest BCUT2D eigenvalue weighted by Crippen LogP contribution is -2.51. The van der Waals surface area contributed by atoms with Crippen molar-refractivity contribution >= 4 is 15.9 Å². The van der Waals surface area contributed by atoms with Gasteiger partial charge >= 0.3 is 0 Å². The maximum atomic E-state index is 12.5. The summed E-state index contributed by atoms with van der Waals surface area (Å²) < 4.78 is 25.6. The van der Waals surface area contributed by atoms with Crippen molar-refractivity contribution < 1.29 is 13.2 Å². The number of hydrogen-bond acceptors (Lipinski definition) is 3. The second kappa shape index (κ2) is 7.45. The average molecular weight is 338 g/mol. The van der Waals surface area contributed by atoms with Crippen LogP contribution in [0.5, 0.6) is 0 Å². The second-order valence-electron chi connectivity index (χ2n) is 6.28. The minimum absolute atomic E-state index is 0.0205. The maximum Gasteiger partial charge on any atom is 0.253 e. The van der Waals surface area contributed by atoms with Crippen molar-refractivity contribution in [3.05, 3.63) is 35.4 Å². The van der Waals surface area contributed by atoms with Crippen LogP contribution in [0.3, 0.4) is 0 Å². The number of sulfonamides is 1. The van der Waals surface area contributed by atoms with Crippen LogP contribution in [0.1, 0.15) is 49.0 Å². The van der Waals surface area contributed by atoms with E-state index < -0.39 is 10.0 Å². The van der Waals surface area contributed by atoms with Gasteiger partial charge in [-0.05, 0) is 30.0 Å². The SMILES string of the molecule is CCCS(=O)(=O)N1CCN(C(=O)c2ccc(C(C)C)cc2)CC1. The molecule has 2 rings (SSSR count). The smallest absolute Gasteiger partial charge is 0.253 e. The minimum Gasteiger partial charge on any atom is -0.336 e. The molecule has 0 unspecified atom stereocenters. The number of hydrogen-bond donors (Lipinski definition) is 0. The fourth-order valence-corrected chi connectivity index (χ4v) is 4.24. The minimum atomic E-state index is -3.17. The molecule has 5 nitrogen and oxygen atoms in total. The van der Waals surface area contributed by atoms with Crippen molar-refractivity contribution in [3.63, 3.8) is 0 Å². The Morgan fingerprint density at radius 2 is 1.65 bits per heavy atom.